The summed E-state index contributed by atoms with van der Waals surface area (Å²) in [6.45, 7) is 0. The molecule has 5 aromatic rings. The molecule has 0 atom stereocenters. The number of ether oxygens (including phenoxy) is 1. The second-order valence-corrected chi connectivity index (χ2v) is 7.33. The molecule has 0 aliphatic carbocycles. The summed E-state index contributed by atoms with van der Waals surface area (Å²) in [7, 11) is 3.47. The number of fused-ring (bicyclic) bond motifs is 1. The van der Waals surface area contributed by atoms with E-state index in [0.717, 1.165) is 22.1 Å². The van der Waals surface area contributed by atoms with Crippen LogP contribution in [0.2, 0.25) is 0 Å². The van der Waals surface area contributed by atoms with Crippen molar-refractivity contribution < 1.29 is 13.9 Å². The Labute approximate surface area is 184 Å². The quantitative estimate of drug-likeness (QED) is 0.422. The summed E-state index contributed by atoms with van der Waals surface area (Å²) in [5.41, 5.74) is 3.70. The number of amides is 1. The molecule has 0 saturated heterocycles. The molecule has 2 aromatic heterocycles. The maximum absolute atomic E-state index is 13.3. The van der Waals surface area contributed by atoms with Crippen molar-refractivity contribution in [3.8, 4) is 28.3 Å². The zero-order valence-corrected chi connectivity index (χ0v) is 17.6. The number of nitrogens with one attached hydrogen (secondary N) is 1. The van der Waals surface area contributed by atoms with E-state index >= 15 is 0 Å². The van der Waals surface area contributed by atoms with Gasteiger partial charge in [-0.15, -0.1) is 10.2 Å². The van der Waals surface area contributed by atoms with Crippen molar-refractivity contribution in [2.75, 3.05) is 12.4 Å². The molecule has 0 bridgehead atoms. The number of carbonyl (C=O) groups is 1. The molecule has 1 amide bonds. The van der Waals surface area contributed by atoms with Gasteiger partial charge >= 0.3 is 0 Å². The Bertz CT molecular complexity index is 1420. The lowest BCUT2D eigenvalue weighted by molar-refractivity contribution is 0.0999. The van der Waals surface area contributed by atoms with Crippen LogP contribution < -0.4 is 10.1 Å². The molecule has 7 heteroatoms. The number of hydrogen-bond acceptors (Lipinski definition) is 5. The predicted molar refractivity (Wildman–Crippen MR) is 123 cm³/mol. The van der Waals surface area contributed by atoms with E-state index in [0.29, 0.717) is 22.8 Å². The molecule has 32 heavy (non-hydrogen) atoms. The summed E-state index contributed by atoms with van der Waals surface area (Å²) in [4.78, 5) is 13.3. The monoisotopic (exact) mass is 424 g/mol. The molecule has 158 valence electrons. The van der Waals surface area contributed by atoms with Gasteiger partial charge in [0, 0.05) is 35.3 Å². The summed E-state index contributed by atoms with van der Waals surface area (Å²) in [5.74, 6) is 1.27. The Morgan fingerprint density at radius 2 is 1.81 bits per heavy atom. The first-order chi connectivity index (χ1) is 15.6. The summed E-state index contributed by atoms with van der Waals surface area (Å²) in [6.07, 6.45) is 1.63. The Hall–Kier alpha value is -4.39. The van der Waals surface area contributed by atoms with Crippen LogP contribution in [0.15, 0.2) is 83.5 Å². The maximum atomic E-state index is 13.3. The zero-order chi connectivity index (χ0) is 22.1. The number of rotatable bonds is 5. The predicted octanol–water partition coefficient (Wildman–Crippen LogP) is 5.16. The van der Waals surface area contributed by atoms with Crippen molar-refractivity contribution in [2.45, 2.75) is 0 Å². The first kappa shape index (κ1) is 19.6. The number of nitrogens with zero attached hydrogens (tertiary/aromatic N) is 3. The second-order valence-electron chi connectivity index (χ2n) is 7.33. The van der Waals surface area contributed by atoms with Gasteiger partial charge in [-0.3, -0.25) is 4.79 Å². The smallest absolute Gasteiger partial charge is 0.292 e. The van der Waals surface area contributed by atoms with Crippen LogP contribution in [0.5, 0.6) is 5.75 Å². The molecule has 0 spiro atoms. The molecule has 1 N–H and O–H groups in total. The van der Waals surface area contributed by atoms with E-state index in [1.54, 1.807) is 19.5 Å². The summed E-state index contributed by atoms with van der Waals surface area (Å²) < 4.78 is 13.2. The van der Waals surface area contributed by atoms with Gasteiger partial charge in [-0.25, -0.2) is 0 Å². The zero-order valence-electron chi connectivity index (χ0n) is 17.6. The van der Waals surface area contributed by atoms with E-state index in [1.807, 2.05) is 78.3 Å². The van der Waals surface area contributed by atoms with Crippen LogP contribution in [0.1, 0.15) is 10.6 Å². The van der Waals surface area contributed by atoms with E-state index in [9.17, 15) is 4.79 Å². The minimum atomic E-state index is -0.339. The van der Waals surface area contributed by atoms with Gasteiger partial charge in [0.2, 0.25) is 5.76 Å². The van der Waals surface area contributed by atoms with Gasteiger partial charge in [0.1, 0.15) is 17.7 Å². The summed E-state index contributed by atoms with van der Waals surface area (Å²) in [6, 6.07) is 22.7. The highest BCUT2D eigenvalue weighted by Crippen LogP contribution is 2.37. The first-order valence-corrected chi connectivity index (χ1v) is 10.1. The normalized spacial score (nSPS) is 10.9. The molecule has 5 rings (SSSR count). The van der Waals surface area contributed by atoms with Crippen LogP contribution in [0.4, 0.5) is 5.69 Å². The number of carbonyl (C=O) groups excluding carboxylic acids is 1. The largest absolute Gasteiger partial charge is 0.497 e. The fraction of sp³-hybridized carbons (Fsp3) is 0.0800. The van der Waals surface area contributed by atoms with Crippen molar-refractivity contribution in [3.63, 3.8) is 0 Å². The van der Waals surface area contributed by atoms with Gasteiger partial charge in [-0.2, -0.15) is 0 Å². The topological polar surface area (TPSA) is 82.2 Å². The van der Waals surface area contributed by atoms with Gasteiger partial charge in [-0.1, -0.05) is 42.5 Å². The molecule has 7 nitrogen and oxygen atoms in total. The number of methoxy groups -OCH3 is 1. The molecule has 0 saturated carbocycles. The highest BCUT2D eigenvalue weighted by Gasteiger charge is 2.22. The van der Waals surface area contributed by atoms with Gasteiger partial charge in [0.25, 0.3) is 5.91 Å². The van der Waals surface area contributed by atoms with Crippen LogP contribution in [0.25, 0.3) is 33.5 Å². The molecule has 2 heterocycles. The van der Waals surface area contributed by atoms with E-state index in [1.165, 1.54) is 0 Å². The van der Waals surface area contributed by atoms with E-state index in [2.05, 4.69) is 15.5 Å². The minimum absolute atomic E-state index is 0.239. The average molecular weight is 424 g/mol. The third kappa shape index (κ3) is 3.50. The van der Waals surface area contributed by atoms with Gasteiger partial charge in [-0.05, 0) is 29.8 Å². The number of furan rings is 1. The van der Waals surface area contributed by atoms with Crippen LogP contribution >= 0.6 is 0 Å². The fourth-order valence-corrected chi connectivity index (χ4v) is 3.72. The Kier molecular flexibility index (Phi) is 4.91. The third-order valence-corrected chi connectivity index (χ3v) is 5.26. The van der Waals surface area contributed by atoms with E-state index in [-0.39, 0.29) is 11.7 Å². The van der Waals surface area contributed by atoms with E-state index in [4.69, 9.17) is 9.15 Å². The van der Waals surface area contributed by atoms with Gasteiger partial charge in [0.05, 0.1) is 7.11 Å². The molecule has 3 aromatic carbocycles. The van der Waals surface area contributed by atoms with Crippen molar-refractivity contribution in [1.29, 1.82) is 0 Å². The van der Waals surface area contributed by atoms with Crippen LogP contribution in [-0.2, 0) is 7.05 Å². The average Bonchev–Trinajstić information content (AvgIpc) is 3.42. The molecule has 0 unspecified atom stereocenters. The minimum Gasteiger partial charge on any atom is -0.497 e. The number of aryl methyl sites for hydroxylation is 1. The highest BCUT2D eigenvalue weighted by atomic mass is 16.5. The van der Waals surface area contributed by atoms with Crippen molar-refractivity contribution in [3.05, 3.63) is 84.9 Å². The molecule has 0 radical (unpaired) electrons. The van der Waals surface area contributed by atoms with Crippen molar-refractivity contribution >= 4 is 22.6 Å². The standard InChI is InChI=1S/C25H20N4O3/c1-29-15-26-28-24(29)17-9-6-10-18(13-17)27-25(30)23-22(16-7-4-3-5-8-16)20-12-11-19(31-2)14-21(20)32-23/h3-15H,1-2H3,(H,27,30). The molecule has 0 aliphatic heterocycles. The highest BCUT2D eigenvalue weighted by molar-refractivity contribution is 6.12. The Morgan fingerprint density at radius 3 is 2.56 bits per heavy atom. The number of aromatic nitrogens is 3. The maximum Gasteiger partial charge on any atom is 0.292 e. The third-order valence-electron chi connectivity index (χ3n) is 5.26. The molecular weight excluding hydrogens is 404 g/mol. The van der Waals surface area contributed by atoms with Crippen LogP contribution in [-0.4, -0.2) is 27.8 Å². The molecule has 0 fully saturated rings. The van der Waals surface area contributed by atoms with Crippen LogP contribution in [0.3, 0.4) is 0 Å². The lowest BCUT2D eigenvalue weighted by Crippen LogP contribution is -2.12. The van der Waals surface area contributed by atoms with Crippen molar-refractivity contribution in [2.24, 2.45) is 7.05 Å². The lowest BCUT2D eigenvalue weighted by Gasteiger charge is -2.08. The lowest BCUT2D eigenvalue weighted by atomic mass is 10.0. The number of hydrogen-bond donors (Lipinski definition) is 1. The van der Waals surface area contributed by atoms with Gasteiger partial charge < -0.3 is 19.0 Å². The molecule has 0 aliphatic rings. The van der Waals surface area contributed by atoms with Gasteiger partial charge in [0.15, 0.2) is 5.82 Å². The van der Waals surface area contributed by atoms with Crippen LogP contribution in [0, 0.1) is 0 Å². The SMILES string of the molecule is COc1ccc2c(-c3ccccc3)c(C(=O)Nc3cccc(-c4nncn4C)c3)oc2c1. The van der Waals surface area contributed by atoms with Crippen molar-refractivity contribution in [1.82, 2.24) is 14.8 Å². The summed E-state index contributed by atoms with van der Waals surface area (Å²) in [5, 5.41) is 11.9. The first-order valence-electron chi connectivity index (χ1n) is 10.1. The molecular formula is C25H20N4O3. The fourth-order valence-electron chi connectivity index (χ4n) is 3.72. The second kappa shape index (κ2) is 8.03. The number of benzene rings is 3. The van der Waals surface area contributed by atoms with E-state index < -0.39 is 0 Å². The summed E-state index contributed by atoms with van der Waals surface area (Å²) >= 11 is 0. The Morgan fingerprint density at radius 1 is 1.00 bits per heavy atom. The number of anilines is 1. The Balaban J connectivity index is 1.56.